The number of sulfonamides is 1. The van der Waals surface area contributed by atoms with E-state index in [9.17, 15) is 22.7 Å². The molecule has 0 spiro atoms. The van der Waals surface area contributed by atoms with Crippen molar-refractivity contribution in [2.45, 2.75) is 0 Å². The van der Waals surface area contributed by atoms with Crippen molar-refractivity contribution in [1.29, 1.82) is 0 Å². The van der Waals surface area contributed by atoms with Gasteiger partial charge in [-0.3, -0.25) is 9.10 Å². The zero-order valence-electron chi connectivity index (χ0n) is 22.5. The minimum absolute atomic E-state index is 0.184. The highest BCUT2D eigenvalue weighted by molar-refractivity contribution is 7.92. The summed E-state index contributed by atoms with van der Waals surface area (Å²) >= 11 is 0. The number of nitrogens with zero attached hydrogens (tertiary/aromatic N) is 4. The van der Waals surface area contributed by atoms with Crippen LogP contribution < -0.4 is 9.62 Å². The third-order valence-corrected chi connectivity index (χ3v) is 8.08. The Balaban J connectivity index is 1.63. The van der Waals surface area contributed by atoms with E-state index >= 15 is 0 Å². The summed E-state index contributed by atoms with van der Waals surface area (Å²) in [6, 6.07) is 13.7. The number of aromatic nitrogens is 4. The normalized spacial score (nSPS) is 11.7. The van der Waals surface area contributed by atoms with Crippen molar-refractivity contribution in [2.24, 2.45) is 0 Å². The maximum Gasteiger partial charge on any atom is 0.255 e. The van der Waals surface area contributed by atoms with Crippen LogP contribution >= 0.6 is 0 Å². The molecule has 6 rings (SSSR count). The van der Waals surface area contributed by atoms with Crippen LogP contribution in [0, 0.1) is 5.82 Å². The minimum atomic E-state index is -3.75. The van der Waals surface area contributed by atoms with Gasteiger partial charge in [0.15, 0.2) is 5.65 Å². The van der Waals surface area contributed by atoms with Gasteiger partial charge in [0.05, 0.1) is 23.1 Å². The number of benzene rings is 2. The van der Waals surface area contributed by atoms with Gasteiger partial charge in [0, 0.05) is 54.6 Å². The molecule has 0 bridgehead atoms. The SMILES string of the molecule is CNC(=O)c1c(-c2ccc(F)cc2)oc2cc(N(C)S(C)(=O)=O)c(-c3cnc(O)c(-c4nc5cccnc5[nH]4)c3)cc12. The van der Waals surface area contributed by atoms with Crippen molar-refractivity contribution in [3.63, 3.8) is 0 Å². The van der Waals surface area contributed by atoms with Crippen LogP contribution in [0.1, 0.15) is 10.4 Å². The molecule has 13 heteroatoms. The minimum Gasteiger partial charge on any atom is -0.493 e. The lowest BCUT2D eigenvalue weighted by Crippen LogP contribution is -2.25. The van der Waals surface area contributed by atoms with Gasteiger partial charge in [0.2, 0.25) is 15.9 Å². The average molecular weight is 587 g/mol. The summed E-state index contributed by atoms with van der Waals surface area (Å²) in [6.07, 6.45) is 4.06. The molecule has 0 atom stereocenters. The first kappa shape index (κ1) is 26.9. The summed E-state index contributed by atoms with van der Waals surface area (Å²) in [4.78, 5) is 29.1. The van der Waals surface area contributed by atoms with E-state index in [-0.39, 0.29) is 34.0 Å². The molecule has 0 aliphatic carbocycles. The van der Waals surface area contributed by atoms with Gasteiger partial charge < -0.3 is 19.8 Å². The molecule has 42 heavy (non-hydrogen) atoms. The number of pyridine rings is 2. The van der Waals surface area contributed by atoms with Crippen molar-refractivity contribution in [3.8, 4) is 39.7 Å². The van der Waals surface area contributed by atoms with Crippen molar-refractivity contribution >= 4 is 43.8 Å². The van der Waals surface area contributed by atoms with Crippen molar-refractivity contribution in [1.82, 2.24) is 25.3 Å². The topological polar surface area (TPSA) is 154 Å². The van der Waals surface area contributed by atoms with Gasteiger partial charge in [-0.25, -0.2) is 27.8 Å². The van der Waals surface area contributed by atoms with Gasteiger partial charge in [0.25, 0.3) is 5.91 Å². The molecule has 4 aromatic heterocycles. The smallest absolute Gasteiger partial charge is 0.255 e. The molecule has 1 amide bonds. The standard InChI is InChI=1S/C29H23FN6O5S/c1-31-29(38)24-19-12-18(16-11-20(28(37)33-14-16)26-34-21-5-4-10-32-27(21)35-26)22(36(2)42(3,39)40)13-23(19)41-25(24)15-6-8-17(30)9-7-15/h4-14H,1-3H3,(H,31,38)(H,33,37)(H,32,34,35). The van der Waals surface area contributed by atoms with Crippen LogP contribution in [-0.2, 0) is 10.0 Å². The summed E-state index contributed by atoms with van der Waals surface area (Å²) in [6.45, 7) is 0. The first-order valence-electron chi connectivity index (χ1n) is 12.6. The molecule has 11 nitrogen and oxygen atoms in total. The Morgan fingerprint density at radius 3 is 2.52 bits per heavy atom. The predicted octanol–water partition coefficient (Wildman–Crippen LogP) is 4.70. The molecule has 6 aromatic rings. The molecule has 2 aromatic carbocycles. The van der Waals surface area contributed by atoms with Crippen molar-refractivity contribution in [3.05, 3.63) is 78.4 Å². The first-order chi connectivity index (χ1) is 20.0. The Morgan fingerprint density at radius 2 is 1.83 bits per heavy atom. The zero-order chi connectivity index (χ0) is 29.8. The fourth-order valence-corrected chi connectivity index (χ4v) is 5.22. The van der Waals surface area contributed by atoms with Crippen LogP contribution in [0.15, 0.2) is 71.4 Å². The van der Waals surface area contributed by atoms with Gasteiger partial charge in [-0.2, -0.15) is 0 Å². The van der Waals surface area contributed by atoms with E-state index < -0.39 is 21.7 Å². The number of rotatable bonds is 6. The molecule has 4 heterocycles. The van der Waals surface area contributed by atoms with Crippen LogP contribution in [0.3, 0.4) is 0 Å². The number of carbonyl (C=O) groups is 1. The second-order valence-electron chi connectivity index (χ2n) is 9.54. The zero-order valence-corrected chi connectivity index (χ0v) is 23.3. The lowest BCUT2D eigenvalue weighted by atomic mass is 9.98. The number of anilines is 1. The molecule has 0 saturated carbocycles. The number of H-pyrrole nitrogens is 1. The highest BCUT2D eigenvalue weighted by Gasteiger charge is 2.26. The third-order valence-electron chi connectivity index (χ3n) is 6.89. The number of carbonyl (C=O) groups excluding carboxylic acids is 1. The average Bonchev–Trinajstić information content (AvgIpc) is 3.57. The number of amides is 1. The van der Waals surface area contributed by atoms with E-state index in [1.54, 1.807) is 30.5 Å². The van der Waals surface area contributed by atoms with Gasteiger partial charge in [-0.05, 0) is 48.5 Å². The molecule has 0 fully saturated rings. The second-order valence-corrected chi connectivity index (χ2v) is 11.6. The monoisotopic (exact) mass is 586 g/mol. The highest BCUT2D eigenvalue weighted by atomic mass is 32.2. The van der Waals surface area contributed by atoms with Crippen LogP contribution in [0.25, 0.3) is 56.0 Å². The fraction of sp³-hybridized carbons (Fsp3) is 0.103. The van der Waals surface area contributed by atoms with Gasteiger partial charge in [0.1, 0.15) is 28.5 Å². The molecule has 0 unspecified atom stereocenters. The molecule has 0 aliphatic heterocycles. The molecule has 0 aliphatic rings. The summed E-state index contributed by atoms with van der Waals surface area (Å²) in [5.41, 5.74) is 3.27. The fourth-order valence-electron chi connectivity index (χ4n) is 4.71. The van der Waals surface area contributed by atoms with Gasteiger partial charge in [-0.15, -0.1) is 0 Å². The lowest BCUT2D eigenvalue weighted by molar-refractivity contribution is 0.0964. The first-order valence-corrected chi connectivity index (χ1v) is 14.4. The molecule has 0 saturated heterocycles. The number of aromatic amines is 1. The molecule has 0 radical (unpaired) electrons. The van der Waals surface area contributed by atoms with E-state index in [0.29, 0.717) is 39.1 Å². The maximum absolute atomic E-state index is 13.7. The van der Waals surface area contributed by atoms with Gasteiger partial charge in [-0.1, -0.05) is 0 Å². The Bertz CT molecular complexity index is 2090. The largest absolute Gasteiger partial charge is 0.493 e. The van der Waals surface area contributed by atoms with Gasteiger partial charge >= 0.3 is 0 Å². The summed E-state index contributed by atoms with van der Waals surface area (Å²) in [5, 5.41) is 13.6. The number of fused-ring (bicyclic) bond motifs is 2. The Hall–Kier alpha value is -5.30. The number of hydrogen-bond donors (Lipinski definition) is 3. The number of imidazole rings is 1. The number of hydrogen-bond acceptors (Lipinski definition) is 8. The van der Waals surface area contributed by atoms with Crippen molar-refractivity contribution < 1.29 is 27.1 Å². The quantitative estimate of drug-likeness (QED) is 0.254. The van der Waals surface area contributed by atoms with E-state index in [4.69, 9.17) is 4.42 Å². The molecular weight excluding hydrogens is 563 g/mol. The van der Waals surface area contributed by atoms with E-state index in [1.807, 2.05) is 0 Å². The Labute approximate surface area is 238 Å². The second kappa shape index (κ2) is 9.96. The third kappa shape index (κ3) is 4.59. The van der Waals surface area contributed by atoms with Crippen molar-refractivity contribution in [2.75, 3.05) is 24.7 Å². The van der Waals surface area contributed by atoms with E-state index in [2.05, 4.69) is 25.3 Å². The molecule has 3 N–H and O–H groups in total. The number of halogens is 1. The maximum atomic E-state index is 13.7. The highest BCUT2D eigenvalue weighted by Crippen LogP contribution is 2.42. The van der Waals surface area contributed by atoms with Crippen LogP contribution in [0.5, 0.6) is 5.88 Å². The summed E-state index contributed by atoms with van der Waals surface area (Å²) in [5.74, 6) is -0.713. The van der Waals surface area contributed by atoms with Crippen LogP contribution in [0.2, 0.25) is 0 Å². The lowest BCUT2D eigenvalue weighted by Gasteiger charge is -2.21. The van der Waals surface area contributed by atoms with E-state index in [1.165, 1.54) is 50.6 Å². The Morgan fingerprint density at radius 1 is 1.07 bits per heavy atom. The van der Waals surface area contributed by atoms with Crippen LogP contribution in [-0.4, -0.2) is 59.7 Å². The van der Waals surface area contributed by atoms with E-state index in [0.717, 1.165) is 10.6 Å². The number of nitrogens with one attached hydrogen (secondary N) is 2. The molecular formula is C29H23FN6O5S. The Kier molecular flexibility index (Phi) is 6.38. The molecule has 212 valence electrons. The van der Waals surface area contributed by atoms with Crippen LogP contribution in [0.4, 0.5) is 10.1 Å². The predicted molar refractivity (Wildman–Crippen MR) is 156 cm³/mol. The number of aromatic hydroxyl groups is 1. The summed E-state index contributed by atoms with van der Waals surface area (Å²) in [7, 11) is -0.885. The number of furan rings is 1. The summed E-state index contributed by atoms with van der Waals surface area (Å²) < 4.78 is 46.2.